The van der Waals surface area contributed by atoms with Crippen LogP contribution in [0.4, 0.5) is 0 Å². The number of nitrogens with one attached hydrogen (secondary N) is 2. The third kappa shape index (κ3) is 3.15. The summed E-state index contributed by atoms with van der Waals surface area (Å²) in [6, 6.07) is 16.0. The lowest BCUT2D eigenvalue weighted by molar-refractivity contribution is 0.0914. The highest BCUT2D eigenvalue weighted by atomic mass is 16.1. The van der Waals surface area contributed by atoms with Crippen LogP contribution >= 0.6 is 0 Å². The van der Waals surface area contributed by atoms with Crippen LogP contribution in [-0.4, -0.2) is 34.6 Å². The summed E-state index contributed by atoms with van der Waals surface area (Å²) < 4.78 is 2.03. The number of hydrogen-bond acceptors (Lipinski definition) is 3. The first-order valence-corrected chi connectivity index (χ1v) is 8.76. The number of aromatic nitrogens is 2. The topological polar surface area (TPSA) is 58.9 Å². The van der Waals surface area contributed by atoms with Gasteiger partial charge in [0.15, 0.2) is 0 Å². The summed E-state index contributed by atoms with van der Waals surface area (Å²) in [6.07, 6.45) is 2.79. The average molecular weight is 334 g/mol. The molecule has 5 heteroatoms. The lowest BCUT2D eigenvalue weighted by Crippen LogP contribution is -2.48. The molecular weight excluding hydrogens is 312 g/mol. The highest BCUT2D eigenvalue weighted by Gasteiger charge is 2.23. The van der Waals surface area contributed by atoms with Crippen LogP contribution < -0.4 is 10.6 Å². The van der Waals surface area contributed by atoms with Crippen molar-refractivity contribution in [2.24, 2.45) is 5.92 Å². The second-order valence-electron chi connectivity index (χ2n) is 6.70. The van der Waals surface area contributed by atoms with E-state index in [1.165, 1.54) is 0 Å². The van der Waals surface area contributed by atoms with Crippen molar-refractivity contribution in [1.82, 2.24) is 20.2 Å². The number of para-hydroxylation sites is 2. The van der Waals surface area contributed by atoms with Gasteiger partial charge in [0.05, 0.1) is 11.0 Å². The molecule has 1 amide bonds. The smallest absolute Gasteiger partial charge is 0.251 e. The molecule has 1 aliphatic heterocycles. The van der Waals surface area contributed by atoms with E-state index in [4.69, 9.17) is 0 Å². The van der Waals surface area contributed by atoms with Crippen LogP contribution in [-0.2, 0) is 0 Å². The maximum atomic E-state index is 12.5. The lowest BCUT2D eigenvalue weighted by atomic mass is 9.95. The van der Waals surface area contributed by atoms with E-state index in [1.807, 2.05) is 59.4 Å². The van der Waals surface area contributed by atoms with Crippen molar-refractivity contribution >= 4 is 16.9 Å². The monoisotopic (exact) mass is 334 g/mol. The summed E-state index contributed by atoms with van der Waals surface area (Å²) in [5, 5.41) is 6.53. The van der Waals surface area contributed by atoms with Gasteiger partial charge in [-0.2, -0.15) is 0 Å². The van der Waals surface area contributed by atoms with Crippen LogP contribution in [0.3, 0.4) is 0 Å². The van der Waals surface area contributed by atoms with Crippen LogP contribution in [0.2, 0.25) is 0 Å². The van der Waals surface area contributed by atoms with Gasteiger partial charge < -0.3 is 10.6 Å². The van der Waals surface area contributed by atoms with E-state index in [0.29, 0.717) is 11.5 Å². The number of hydrogen-bond donors (Lipinski definition) is 2. The lowest BCUT2D eigenvalue weighted by Gasteiger charge is -2.30. The molecule has 1 fully saturated rings. The SMILES string of the molecule is CC1CNCCC1NC(=O)c1ccc(-n2cnc3ccccc32)cc1. The molecule has 1 aromatic heterocycles. The Bertz CT molecular complexity index is 884. The van der Waals surface area contributed by atoms with Gasteiger partial charge in [0, 0.05) is 17.3 Å². The van der Waals surface area contributed by atoms with Crippen molar-refractivity contribution in [3.8, 4) is 5.69 Å². The van der Waals surface area contributed by atoms with Crippen molar-refractivity contribution < 1.29 is 4.79 Å². The third-order valence-corrected chi connectivity index (χ3v) is 4.96. The van der Waals surface area contributed by atoms with Crippen LogP contribution in [0.15, 0.2) is 54.9 Å². The fraction of sp³-hybridized carbons (Fsp3) is 0.300. The first-order valence-electron chi connectivity index (χ1n) is 8.76. The second kappa shape index (κ2) is 6.69. The van der Waals surface area contributed by atoms with E-state index >= 15 is 0 Å². The maximum Gasteiger partial charge on any atom is 0.251 e. The molecule has 1 saturated heterocycles. The van der Waals surface area contributed by atoms with E-state index in [2.05, 4.69) is 22.5 Å². The van der Waals surface area contributed by atoms with Crippen LogP contribution in [0.25, 0.3) is 16.7 Å². The first kappa shape index (κ1) is 15.8. The molecule has 1 aliphatic rings. The van der Waals surface area contributed by atoms with Gasteiger partial charge in [-0.05, 0) is 61.8 Å². The molecule has 128 valence electrons. The minimum Gasteiger partial charge on any atom is -0.349 e. The van der Waals surface area contributed by atoms with E-state index < -0.39 is 0 Å². The summed E-state index contributed by atoms with van der Waals surface area (Å²) in [6.45, 7) is 4.09. The average Bonchev–Trinajstić information content (AvgIpc) is 3.08. The Kier molecular flexibility index (Phi) is 4.24. The molecule has 2 atom stereocenters. The van der Waals surface area contributed by atoms with Gasteiger partial charge in [-0.1, -0.05) is 19.1 Å². The van der Waals surface area contributed by atoms with Crippen molar-refractivity contribution in [1.29, 1.82) is 0 Å². The largest absolute Gasteiger partial charge is 0.349 e. The van der Waals surface area contributed by atoms with E-state index in [0.717, 1.165) is 36.2 Å². The minimum absolute atomic E-state index is 0.000731. The Morgan fingerprint density at radius 2 is 2.00 bits per heavy atom. The number of amides is 1. The van der Waals surface area contributed by atoms with Gasteiger partial charge in [-0.3, -0.25) is 9.36 Å². The number of piperidine rings is 1. The van der Waals surface area contributed by atoms with Gasteiger partial charge in [-0.15, -0.1) is 0 Å². The normalized spacial score (nSPS) is 20.5. The van der Waals surface area contributed by atoms with Crippen molar-refractivity contribution in [3.63, 3.8) is 0 Å². The predicted octanol–water partition coefficient (Wildman–Crippen LogP) is 2.75. The third-order valence-electron chi connectivity index (χ3n) is 4.96. The fourth-order valence-corrected chi connectivity index (χ4v) is 3.42. The number of carbonyl (C=O) groups is 1. The van der Waals surface area contributed by atoms with Crippen LogP contribution in [0, 0.1) is 5.92 Å². The highest BCUT2D eigenvalue weighted by Crippen LogP contribution is 2.18. The number of rotatable bonds is 3. The Morgan fingerprint density at radius 3 is 2.80 bits per heavy atom. The zero-order valence-corrected chi connectivity index (χ0v) is 14.3. The highest BCUT2D eigenvalue weighted by molar-refractivity contribution is 5.94. The molecule has 5 nitrogen and oxygen atoms in total. The number of benzene rings is 2. The van der Waals surface area contributed by atoms with Gasteiger partial charge in [-0.25, -0.2) is 4.98 Å². The van der Waals surface area contributed by atoms with Crippen molar-refractivity contribution in [2.45, 2.75) is 19.4 Å². The minimum atomic E-state index is 0.000731. The molecule has 4 rings (SSSR count). The molecule has 25 heavy (non-hydrogen) atoms. The summed E-state index contributed by atoms with van der Waals surface area (Å²) in [5.41, 5.74) is 3.71. The van der Waals surface area contributed by atoms with E-state index in [-0.39, 0.29) is 11.9 Å². The second-order valence-corrected chi connectivity index (χ2v) is 6.70. The summed E-state index contributed by atoms with van der Waals surface area (Å²) in [4.78, 5) is 16.9. The zero-order chi connectivity index (χ0) is 17.2. The summed E-state index contributed by atoms with van der Waals surface area (Å²) >= 11 is 0. The molecule has 3 aromatic rings. The Hall–Kier alpha value is -2.66. The Balaban J connectivity index is 1.52. The molecule has 2 N–H and O–H groups in total. The molecule has 2 unspecified atom stereocenters. The first-order chi connectivity index (χ1) is 12.2. The van der Waals surface area contributed by atoms with E-state index in [1.54, 1.807) is 0 Å². The molecule has 0 aliphatic carbocycles. The standard InChI is InChI=1S/C20H22N4O/c1-14-12-21-11-10-17(14)23-20(25)15-6-8-16(9-7-15)24-13-22-18-4-2-3-5-19(18)24/h2-9,13-14,17,21H,10-12H2,1H3,(H,23,25). The summed E-state index contributed by atoms with van der Waals surface area (Å²) in [5.74, 6) is 0.454. The van der Waals surface area contributed by atoms with Crippen LogP contribution in [0.1, 0.15) is 23.7 Å². The van der Waals surface area contributed by atoms with Crippen molar-refractivity contribution in [3.05, 3.63) is 60.4 Å². The maximum absolute atomic E-state index is 12.5. The number of nitrogens with zero attached hydrogens (tertiary/aromatic N) is 2. The van der Waals surface area contributed by atoms with E-state index in [9.17, 15) is 4.79 Å². The molecule has 2 heterocycles. The number of carbonyl (C=O) groups excluding carboxylic acids is 1. The quantitative estimate of drug-likeness (QED) is 0.774. The fourth-order valence-electron chi connectivity index (χ4n) is 3.42. The molecule has 0 radical (unpaired) electrons. The Morgan fingerprint density at radius 1 is 1.20 bits per heavy atom. The molecule has 2 aromatic carbocycles. The van der Waals surface area contributed by atoms with Crippen LogP contribution in [0.5, 0.6) is 0 Å². The number of imidazole rings is 1. The summed E-state index contributed by atoms with van der Waals surface area (Å²) in [7, 11) is 0. The molecule has 0 spiro atoms. The molecule has 0 saturated carbocycles. The zero-order valence-electron chi connectivity index (χ0n) is 14.3. The number of fused-ring (bicyclic) bond motifs is 1. The molecule has 0 bridgehead atoms. The van der Waals surface area contributed by atoms with Gasteiger partial charge >= 0.3 is 0 Å². The van der Waals surface area contributed by atoms with Gasteiger partial charge in [0.2, 0.25) is 0 Å². The van der Waals surface area contributed by atoms with Gasteiger partial charge in [0.1, 0.15) is 6.33 Å². The van der Waals surface area contributed by atoms with Crippen molar-refractivity contribution in [2.75, 3.05) is 13.1 Å². The predicted molar refractivity (Wildman–Crippen MR) is 99.0 cm³/mol. The Labute approximate surface area is 147 Å². The van der Waals surface area contributed by atoms with Gasteiger partial charge in [0.25, 0.3) is 5.91 Å². The molecular formula is C20H22N4O.